The van der Waals surface area contributed by atoms with Crippen molar-refractivity contribution in [2.45, 2.75) is 13.5 Å². The van der Waals surface area contributed by atoms with Crippen LogP contribution >= 0.6 is 11.3 Å². The van der Waals surface area contributed by atoms with Gasteiger partial charge in [0.15, 0.2) is 0 Å². The second kappa shape index (κ2) is 5.33. The van der Waals surface area contributed by atoms with Crippen molar-refractivity contribution in [1.82, 2.24) is 4.57 Å². The van der Waals surface area contributed by atoms with Crippen LogP contribution in [0.15, 0.2) is 36.4 Å². The van der Waals surface area contributed by atoms with Crippen molar-refractivity contribution in [2.75, 3.05) is 7.11 Å². The van der Waals surface area contributed by atoms with E-state index in [2.05, 4.69) is 0 Å². The van der Waals surface area contributed by atoms with Gasteiger partial charge in [0.05, 0.1) is 23.9 Å². The molecule has 21 heavy (non-hydrogen) atoms. The lowest BCUT2D eigenvalue weighted by atomic mass is 10.2. The van der Waals surface area contributed by atoms with Gasteiger partial charge in [0.1, 0.15) is 11.5 Å². The van der Waals surface area contributed by atoms with Crippen LogP contribution in [0, 0.1) is 12.7 Å². The molecule has 0 amide bonds. The summed E-state index contributed by atoms with van der Waals surface area (Å²) in [5.74, 6) is -0.686. The summed E-state index contributed by atoms with van der Waals surface area (Å²) in [5, 5.41) is 0. The van der Waals surface area contributed by atoms with Gasteiger partial charge in [-0.25, -0.2) is 9.18 Å². The molecule has 5 heteroatoms. The standard InChI is InChI=1S/C16H14FNO2S/c1-10-7-13-15(21-10)8-14(16(19)20-2)18(13)9-11-5-3-4-6-12(11)17/h3-8H,9H2,1-2H3. The fourth-order valence-electron chi connectivity index (χ4n) is 2.41. The van der Waals surface area contributed by atoms with Crippen LogP contribution in [0.3, 0.4) is 0 Å². The molecule has 2 heterocycles. The zero-order valence-electron chi connectivity index (χ0n) is 11.7. The predicted molar refractivity (Wildman–Crippen MR) is 81.4 cm³/mol. The number of esters is 1. The highest BCUT2D eigenvalue weighted by molar-refractivity contribution is 7.19. The number of hydrogen-bond acceptors (Lipinski definition) is 3. The Kier molecular flexibility index (Phi) is 3.51. The predicted octanol–water partition coefficient (Wildman–Crippen LogP) is 3.99. The van der Waals surface area contributed by atoms with E-state index in [1.54, 1.807) is 35.6 Å². The molecule has 3 rings (SSSR count). The second-order valence-electron chi connectivity index (χ2n) is 4.81. The molecule has 3 aromatic rings. The number of hydrogen-bond donors (Lipinski definition) is 0. The fourth-order valence-corrected chi connectivity index (χ4v) is 3.37. The summed E-state index contributed by atoms with van der Waals surface area (Å²) in [6, 6.07) is 10.4. The summed E-state index contributed by atoms with van der Waals surface area (Å²) in [6.07, 6.45) is 0. The molecule has 0 unspecified atom stereocenters. The fraction of sp³-hybridized carbons (Fsp3) is 0.188. The Morgan fingerprint density at radius 3 is 2.81 bits per heavy atom. The minimum atomic E-state index is -0.410. The number of benzene rings is 1. The van der Waals surface area contributed by atoms with E-state index in [9.17, 15) is 9.18 Å². The average molecular weight is 303 g/mol. The van der Waals surface area contributed by atoms with Crippen LogP contribution in [0.4, 0.5) is 4.39 Å². The maximum atomic E-state index is 13.9. The lowest BCUT2D eigenvalue weighted by molar-refractivity contribution is 0.0589. The number of fused-ring (bicyclic) bond motifs is 1. The van der Waals surface area contributed by atoms with Crippen molar-refractivity contribution < 1.29 is 13.9 Å². The van der Waals surface area contributed by atoms with Crippen molar-refractivity contribution in [3.8, 4) is 0 Å². The van der Waals surface area contributed by atoms with Crippen LogP contribution in [-0.4, -0.2) is 17.6 Å². The Morgan fingerprint density at radius 2 is 2.10 bits per heavy atom. The molecule has 0 fully saturated rings. The molecule has 0 aliphatic rings. The molecule has 2 aromatic heterocycles. The topological polar surface area (TPSA) is 31.2 Å². The zero-order chi connectivity index (χ0) is 15.0. The molecule has 0 N–H and O–H groups in total. The lowest BCUT2D eigenvalue weighted by Gasteiger charge is -2.09. The maximum Gasteiger partial charge on any atom is 0.354 e. The van der Waals surface area contributed by atoms with Crippen LogP contribution < -0.4 is 0 Å². The zero-order valence-corrected chi connectivity index (χ0v) is 12.5. The third-order valence-corrected chi connectivity index (χ3v) is 4.38. The van der Waals surface area contributed by atoms with Crippen LogP contribution in [0.2, 0.25) is 0 Å². The average Bonchev–Trinajstić information content (AvgIpc) is 2.98. The van der Waals surface area contributed by atoms with E-state index in [1.807, 2.05) is 17.6 Å². The largest absolute Gasteiger partial charge is 0.464 e. The number of nitrogens with zero attached hydrogens (tertiary/aromatic N) is 1. The highest BCUT2D eigenvalue weighted by Crippen LogP contribution is 2.30. The number of thiophene rings is 1. The SMILES string of the molecule is COC(=O)c1cc2sc(C)cc2n1Cc1ccccc1F. The van der Waals surface area contributed by atoms with E-state index in [-0.39, 0.29) is 5.82 Å². The van der Waals surface area contributed by atoms with Gasteiger partial charge in [-0.2, -0.15) is 0 Å². The first-order valence-corrected chi connectivity index (χ1v) is 7.33. The number of methoxy groups -OCH3 is 1. The summed E-state index contributed by atoms with van der Waals surface area (Å²) >= 11 is 1.61. The van der Waals surface area contributed by atoms with Crippen LogP contribution in [0.1, 0.15) is 20.9 Å². The molecule has 0 bridgehead atoms. The minimum absolute atomic E-state index is 0.276. The monoisotopic (exact) mass is 303 g/mol. The normalized spacial score (nSPS) is 11.0. The van der Waals surface area contributed by atoms with Crippen molar-refractivity contribution in [3.63, 3.8) is 0 Å². The van der Waals surface area contributed by atoms with Crippen molar-refractivity contribution in [1.29, 1.82) is 0 Å². The summed E-state index contributed by atoms with van der Waals surface area (Å²) in [6.45, 7) is 2.31. The molecule has 0 radical (unpaired) electrons. The molecular weight excluding hydrogens is 289 g/mol. The van der Waals surface area contributed by atoms with E-state index in [0.29, 0.717) is 17.8 Å². The van der Waals surface area contributed by atoms with Gasteiger partial charge in [-0.1, -0.05) is 18.2 Å². The molecule has 0 aliphatic heterocycles. The molecular formula is C16H14FNO2S. The van der Waals surface area contributed by atoms with Gasteiger partial charge in [0.2, 0.25) is 0 Å². The van der Waals surface area contributed by atoms with Gasteiger partial charge in [-0.3, -0.25) is 0 Å². The molecule has 0 saturated heterocycles. The van der Waals surface area contributed by atoms with Gasteiger partial charge < -0.3 is 9.30 Å². The second-order valence-corrected chi connectivity index (χ2v) is 6.09. The summed E-state index contributed by atoms with van der Waals surface area (Å²) < 4.78 is 21.5. The Balaban J connectivity index is 2.14. The number of aryl methyl sites for hydroxylation is 1. The minimum Gasteiger partial charge on any atom is -0.464 e. The molecule has 0 atom stereocenters. The van der Waals surface area contributed by atoms with Gasteiger partial charge in [-0.15, -0.1) is 11.3 Å². The number of halogens is 1. The van der Waals surface area contributed by atoms with Crippen LogP contribution in [0.5, 0.6) is 0 Å². The van der Waals surface area contributed by atoms with E-state index in [1.165, 1.54) is 13.2 Å². The van der Waals surface area contributed by atoms with Crippen LogP contribution in [-0.2, 0) is 11.3 Å². The van der Waals surface area contributed by atoms with Gasteiger partial charge in [-0.05, 0) is 25.1 Å². The first-order valence-electron chi connectivity index (χ1n) is 6.51. The molecule has 0 saturated carbocycles. The Bertz CT molecular complexity index is 819. The third-order valence-electron chi connectivity index (χ3n) is 3.39. The van der Waals surface area contributed by atoms with Crippen LogP contribution in [0.25, 0.3) is 10.2 Å². The number of ether oxygens (including phenoxy) is 1. The molecule has 3 nitrogen and oxygen atoms in total. The first kappa shape index (κ1) is 13.8. The first-order chi connectivity index (χ1) is 10.1. The van der Waals surface area contributed by atoms with Crippen molar-refractivity contribution >= 4 is 27.5 Å². The number of carbonyl (C=O) groups is 1. The Labute approximate surface area is 125 Å². The summed E-state index contributed by atoms with van der Waals surface area (Å²) in [5.41, 5.74) is 1.92. The maximum absolute atomic E-state index is 13.9. The highest BCUT2D eigenvalue weighted by Gasteiger charge is 2.18. The number of rotatable bonds is 3. The highest BCUT2D eigenvalue weighted by atomic mass is 32.1. The Hall–Kier alpha value is -2.14. The lowest BCUT2D eigenvalue weighted by Crippen LogP contribution is -2.12. The van der Waals surface area contributed by atoms with Gasteiger partial charge in [0, 0.05) is 10.4 Å². The summed E-state index contributed by atoms with van der Waals surface area (Å²) in [7, 11) is 1.35. The summed E-state index contributed by atoms with van der Waals surface area (Å²) in [4.78, 5) is 13.1. The molecule has 0 spiro atoms. The van der Waals surface area contributed by atoms with Gasteiger partial charge in [0.25, 0.3) is 0 Å². The van der Waals surface area contributed by atoms with E-state index >= 15 is 0 Å². The third kappa shape index (κ3) is 2.45. The quantitative estimate of drug-likeness (QED) is 0.685. The molecule has 1 aromatic carbocycles. The number of aromatic nitrogens is 1. The molecule has 0 aliphatic carbocycles. The Morgan fingerprint density at radius 1 is 1.33 bits per heavy atom. The van der Waals surface area contributed by atoms with E-state index in [0.717, 1.165) is 15.1 Å². The van der Waals surface area contributed by atoms with E-state index < -0.39 is 5.97 Å². The van der Waals surface area contributed by atoms with Crippen molar-refractivity contribution in [2.24, 2.45) is 0 Å². The van der Waals surface area contributed by atoms with E-state index in [4.69, 9.17) is 4.74 Å². The van der Waals surface area contributed by atoms with Gasteiger partial charge >= 0.3 is 5.97 Å². The number of carbonyl (C=O) groups excluding carboxylic acids is 1. The smallest absolute Gasteiger partial charge is 0.354 e. The molecule has 108 valence electrons. The van der Waals surface area contributed by atoms with Crippen molar-refractivity contribution in [3.05, 3.63) is 58.3 Å².